The zero-order valence-corrected chi connectivity index (χ0v) is 13.8. The number of hydrogen-bond donors (Lipinski definition) is 1. The highest BCUT2D eigenvalue weighted by Crippen LogP contribution is 2.23. The molecule has 0 aliphatic carbocycles. The number of ether oxygens (including phenoxy) is 3. The molecule has 2 aromatic rings. The lowest BCUT2D eigenvalue weighted by Crippen LogP contribution is -2.31. The van der Waals surface area contributed by atoms with E-state index in [1.807, 2.05) is 0 Å². The molecule has 7 heteroatoms. The van der Waals surface area contributed by atoms with Crippen molar-refractivity contribution in [2.45, 2.75) is 13.0 Å². The number of methoxy groups -OCH3 is 1. The second kappa shape index (κ2) is 8.68. The van der Waals surface area contributed by atoms with Crippen LogP contribution >= 0.6 is 0 Å². The standard InChI is InChI=1S/C18H18FNO5/c1-12(18(22)20-15-8-3-4-9-16(15)23-2)25-17(21)11-24-14-7-5-6-13(19)10-14/h3-10,12H,11H2,1-2H3,(H,20,22)/t12-/m0/s1. The summed E-state index contributed by atoms with van der Waals surface area (Å²) in [4.78, 5) is 23.8. The minimum Gasteiger partial charge on any atom is -0.495 e. The van der Waals surface area contributed by atoms with Crippen molar-refractivity contribution < 1.29 is 28.2 Å². The molecule has 0 bridgehead atoms. The summed E-state index contributed by atoms with van der Waals surface area (Å²) in [5.74, 6) is -1.04. The monoisotopic (exact) mass is 347 g/mol. The molecular weight excluding hydrogens is 329 g/mol. The molecule has 0 aliphatic rings. The molecule has 0 saturated heterocycles. The van der Waals surface area contributed by atoms with Crippen LogP contribution < -0.4 is 14.8 Å². The molecular formula is C18H18FNO5. The van der Waals surface area contributed by atoms with E-state index in [0.717, 1.165) is 6.07 Å². The topological polar surface area (TPSA) is 73.9 Å². The van der Waals surface area contributed by atoms with E-state index in [1.165, 1.54) is 32.2 Å². The van der Waals surface area contributed by atoms with Crippen LogP contribution in [0.2, 0.25) is 0 Å². The SMILES string of the molecule is COc1ccccc1NC(=O)[C@H](C)OC(=O)COc1cccc(F)c1. The number of amides is 1. The Kier molecular flexibility index (Phi) is 6.33. The molecule has 2 rings (SSSR count). The zero-order valence-electron chi connectivity index (χ0n) is 13.8. The van der Waals surface area contributed by atoms with Gasteiger partial charge in [0.15, 0.2) is 12.7 Å². The van der Waals surface area contributed by atoms with Gasteiger partial charge in [-0.05, 0) is 31.2 Å². The molecule has 6 nitrogen and oxygen atoms in total. The third-order valence-corrected chi connectivity index (χ3v) is 3.20. The first-order chi connectivity index (χ1) is 12.0. The van der Waals surface area contributed by atoms with Gasteiger partial charge in [0.2, 0.25) is 0 Å². The van der Waals surface area contributed by atoms with Crippen molar-refractivity contribution in [1.29, 1.82) is 0 Å². The molecule has 0 heterocycles. The first kappa shape index (κ1) is 18.3. The van der Waals surface area contributed by atoms with Crippen LogP contribution in [0.1, 0.15) is 6.92 Å². The Morgan fingerprint density at radius 3 is 2.64 bits per heavy atom. The molecule has 2 aromatic carbocycles. The minimum atomic E-state index is -1.03. The quantitative estimate of drug-likeness (QED) is 0.780. The van der Waals surface area contributed by atoms with Gasteiger partial charge in [-0.2, -0.15) is 0 Å². The van der Waals surface area contributed by atoms with Crippen LogP contribution in [0.25, 0.3) is 0 Å². The van der Waals surface area contributed by atoms with Gasteiger partial charge in [-0.25, -0.2) is 9.18 Å². The van der Waals surface area contributed by atoms with Crippen LogP contribution in [-0.4, -0.2) is 31.7 Å². The summed E-state index contributed by atoms with van der Waals surface area (Å²) in [6.07, 6.45) is -1.03. The second-order valence-corrected chi connectivity index (χ2v) is 5.07. The Labute approximate surface area is 144 Å². The Bertz CT molecular complexity index is 750. The first-order valence-electron chi connectivity index (χ1n) is 7.51. The number of rotatable bonds is 7. The van der Waals surface area contributed by atoms with Crippen molar-refractivity contribution in [3.05, 3.63) is 54.3 Å². The number of carbonyl (C=O) groups is 2. The third-order valence-electron chi connectivity index (χ3n) is 3.20. The Morgan fingerprint density at radius 2 is 1.92 bits per heavy atom. The number of benzene rings is 2. The van der Waals surface area contributed by atoms with Crippen LogP contribution in [0.4, 0.5) is 10.1 Å². The highest BCUT2D eigenvalue weighted by molar-refractivity contribution is 5.96. The maximum atomic E-state index is 13.0. The van der Waals surface area contributed by atoms with E-state index in [1.54, 1.807) is 24.3 Å². The number of carbonyl (C=O) groups excluding carboxylic acids is 2. The van der Waals surface area contributed by atoms with Crippen molar-refractivity contribution in [3.8, 4) is 11.5 Å². The Balaban J connectivity index is 1.84. The molecule has 0 radical (unpaired) electrons. The molecule has 1 N–H and O–H groups in total. The number of para-hydroxylation sites is 2. The fraction of sp³-hybridized carbons (Fsp3) is 0.222. The van der Waals surface area contributed by atoms with Gasteiger partial charge in [0, 0.05) is 6.07 Å². The largest absolute Gasteiger partial charge is 0.495 e. The summed E-state index contributed by atoms with van der Waals surface area (Å²) in [5, 5.41) is 2.62. The van der Waals surface area contributed by atoms with Gasteiger partial charge in [0.1, 0.15) is 17.3 Å². The number of nitrogens with one attached hydrogen (secondary N) is 1. The lowest BCUT2D eigenvalue weighted by molar-refractivity contribution is -0.155. The van der Waals surface area contributed by atoms with Crippen molar-refractivity contribution in [2.75, 3.05) is 19.0 Å². The summed E-state index contributed by atoms with van der Waals surface area (Å²) in [5.41, 5.74) is 0.467. The highest BCUT2D eigenvalue weighted by Gasteiger charge is 2.19. The lowest BCUT2D eigenvalue weighted by atomic mass is 10.2. The predicted molar refractivity (Wildman–Crippen MR) is 89.1 cm³/mol. The van der Waals surface area contributed by atoms with E-state index in [4.69, 9.17) is 14.2 Å². The number of hydrogen-bond acceptors (Lipinski definition) is 5. The van der Waals surface area contributed by atoms with E-state index < -0.39 is 30.4 Å². The van der Waals surface area contributed by atoms with Crippen molar-refractivity contribution in [3.63, 3.8) is 0 Å². The third kappa shape index (κ3) is 5.49. The van der Waals surface area contributed by atoms with Crippen molar-refractivity contribution >= 4 is 17.6 Å². The maximum absolute atomic E-state index is 13.0. The first-order valence-corrected chi connectivity index (χ1v) is 7.51. The summed E-state index contributed by atoms with van der Waals surface area (Å²) in [6.45, 7) is 1.00. The summed E-state index contributed by atoms with van der Waals surface area (Å²) in [7, 11) is 1.48. The normalized spacial score (nSPS) is 11.3. The molecule has 0 unspecified atom stereocenters. The van der Waals surface area contributed by atoms with Crippen LogP contribution in [0.5, 0.6) is 11.5 Å². The van der Waals surface area contributed by atoms with E-state index in [9.17, 15) is 14.0 Å². The van der Waals surface area contributed by atoms with E-state index >= 15 is 0 Å². The zero-order chi connectivity index (χ0) is 18.2. The summed E-state index contributed by atoms with van der Waals surface area (Å²) >= 11 is 0. The average molecular weight is 347 g/mol. The number of anilines is 1. The van der Waals surface area contributed by atoms with Gasteiger partial charge in [-0.15, -0.1) is 0 Å². The lowest BCUT2D eigenvalue weighted by Gasteiger charge is -2.15. The number of esters is 1. The van der Waals surface area contributed by atoms with Gasteiger partial charge in [0.25, 0.3) is 5.91 Å². The molecule has 0 spiro atoms. The van der Waals surface area contributed by atoms with Crippen molar-refractivity contribution in [2.24, 2.45) is 0 Å². The predicted octanol–water partition coefficient (Wildman–Crippen LogP) is 2.78. The molecule has 25 heavy (non-hydrogen) atoms. The minimum absolute atomic E-state index is 0.197. The summed E-state index contributed by atoms with van der Waals surface area (Å²) < 4.78 is 28.3. The van der Waals surface area contributed by atoms with Crippen LogP contribution in [0.3, 0.4) is 0 Å². The molecule has 1 atom stereocenters. The maximum Gasteiger partial charge on any atom is 0.344 e. The Hall–Kier alpha value is -3.09. The molecule has 132 valence electrons. The van der Waals surface area contributed by atoms with Gasteiger partial charge < -0.3 is 19.5 Å². The van der Waals surface area contributed by atoms with Crippen LogP contribution in [-0.2, 0) is 14.3 Å². The van der Waals surface area contributed by atoms with Gasteiger partial charge in [-0.3, -0.25) is 4.79 Å². The summed E-state index contributed by atoms with van der Waals surface area (Å²) in [6, 6.07) is 12.2. The van der Waals surface area contributed by atoms with Crippen LogP contribution in [0.15, 0.2) is 48.5 Å². The fourth-order valence-electron chi connectivity index (χ4n) is 1.97. The Morgan fingerprint density at radius 1 is 1.16 bits per heavy atom. The molecule has 0 fully saturated rings. The van der Waals surface area contributed by atoms with E-state index in [2.05, 4.69) is 5.32 Å². The molecule has 1 amide bonds. The van der Waals surface area contributed by atoms with E-state index in [0.29, 0.717) is 11.4 Å². The van der Waals surface area contributed by atoms with Crippen LogP contribution in [0, 0.1) is 5.82 Å². The molecule has 0 aliphatic heterocycles. The van der Waals surface area contributed by atoms with Gasteiger partial charge in [0.05, 0.1) is 12.8 Å². The average Bonchev–Trinajstić information content (AvgIpc) is 2.60. The van der Waals surface area contributed by atoms with Gasteiger partial charge in [-0.1, -0.05) is 18.2 Å². The van der Waals surface area contributed by atoms with Gasteiger partial charge >= 0.3 is 5.97 Å². The molecule has 0 aromatic heterocycles. The van der Waals surface area contributed by atoms with Crippen molar-refractivity contribution in [1.82, 2.24) is 0 Å². The second-order valence-electron chi connectivity index (χ2n) is 5.07. The highest BCUT2D eigenvalue weighted by atomic mass is 19.1. The molecule has 0 saturated carbocycles. The smallest absolute Gasteiger partial charge is 0.344 e. The number of halogens is 1. The van der Waals surface area contributed by atoms with E-state index in [-0.39, 0.29) is 5.75 Å². The fourth-order valence-corrected chi connectivity index (χ4v) is 1.97.